The molecule has 0 bridgehead atoms. The number of nitrogens with zero attached hydrogens (tertiary/aromatic N) is 2. The van der Waals surface area contributed by atoms with E-state index in [1.165, 1.54) is 11.3 Å². The van der Waals surface area contributed by atoms with Gasteiger partial charge in [0, 0.05) is 25.0 Å². The zero-order chi connectivity index (χ0) is 18.5. The summed E-state index contributed by atoms with van der Waals surface area (Å²) in [6, 6.07) is 14.1. The molecule has 140 valence electrons. The fourth-order valence-corrected chi connectivity index (χ4v) is 4.70. The Bertz CT molecular complexity index is 859. The molecule has 0 unspecified atom stereocenters. The summed E-state index contributed by atoms with van der Waals surface area (Å²) < 4.78 is 5.44. The Morgan fingerprint density at radius 3 is 2.70 bits per heavy atom. The number of ether oxygens (including phenoxy) is 1. The van der Waals surface area contributed by atoms with Crippen LogP contribution in [0.5, 0.6) is 0 Å². The van der Waals surface area contributed by atoms with Gasteiger partial charge in [0.1, 0.15) is 10.7 Å². The van der Waals surface area contributed by atoms with Crippen molar-refractivity contribution in [2.45, 2.75) is 6.04 Å². The molecule has 4 rings (SSSR count). The number of thiazole rings is 1. The number of morpholine rings is 1. The molecule has 1 aliphatic rings. The summed E-state index contributed by atoms with van der Waals surface area (Å²) in [6.07, 6.45) is 0. The van der Waals surface area contributed by atoms with Gasteiger partial charge in [0.2, 0.25) is 0 Å². The van der Waals surface area contributed by atoms with Gasteiger partial charge in [-0.3, -0.25) is 9.69 Å². The summed E-state index contributed by atoms with van der Waals surface area (Å²) in [6.45, 7) is 4.02. The average molecular weight is 400 g/mol. The molecule has 27 heavy (non-hydrogen) atoms. The average Bonchev–Trinajstić information content (AvgIpc) is 3.41. The Morgan fingerprint density at radius 2 is 1.96 bits per heavy atom. The lowest BCUT2D eigenvalue weighted by Crippen LogP contribution is -2.43. The maximum atomic E-state index is 12.8. The highest BCUT2D eigenvalue weighted by molar-refractivity contribution is 7.20. The first-order chi connectivity index (χ1) is 13.3. The first-order valence-electron chi connectivity index (χ1n) is 8.95. The normalized spacial score (nSPS) is 16.1. The maximum Gasteiger partial charge on any atom is 0.271 e. The van der Waals surface area contributed by atoms with Crippen molar-refractivity contribution in [2.24, 2.45) is 0 Å². The molecule has 3 heterocycles. The van der Waals surface area contributed by atoms with Crippen molar-refractivity contribution >= 4 is 28.6 Å². The second-order valence-electron chi connectivity index (χ2n) is 6.36. The number of benzene rings is 1. The molecule has 7 heteroatoms. The Balaban J connectivity index is 1.49. The van der Waals surface area contributed by atoms with Gasteiger partial charge in [0.15, 0.2) is 0 Å². The monoisotopic (exact) mass is 399 g/mol. The molecule has 1 N–H and O–H groups in total. The Morgan fingerprint density at radius 1 is 1.15 bits per heavy atom. The number of thiophene rings is 1. The van der Waals surface area contributed by atoms with Crippen LogP contribution in [0.1, 0.15) is 22.1 Å². The molecule has 0 radical (unpaired) electrons. The van der Waals surface area contributed by atoms with Gasteiger partial charge in [-0.25, -0.2) is 4.98 Å². The molecular weight excluding hydrogens is 378 g/mol. The lowest BCUT2D eigenvalue weighted by atomic mass is 10.1. The van der Waals surface area contributed by atoms with E-state index in [2.05, 4.69) is 27.3 Å². The number of carbonyl (C=O) groups is 1. The summed E-state index contributed by atoms with van der Waals surface area (Å²) in [5.41, 5.74) is 1.58. The van der Waals surface area contributed by atoms with Crippen LogP contribution in [-0.4, -0.2) is 48.6 Å². The van der Waals surface area contributed by atoms with Crippen LogP contribution >= 0.6 is 22.7 Å². The van der Waals surface area contributed by atoms with E-state index in [0.29, 0.717) is 5.69 Å². The topological polar surface area (TPSA) is 54.5 Å². The predicted octanol–water partition coefficient (Wildman–Crippen LogP) is 3.67. The second kappa shape index (κ2) is 8.75. The fourth-order valence-electron chi connectivity index (χ4n) is 3.09. The van der Waals surface area contributed by atoms with E-state index < -0.39 is 0 Å². The lowest BCUT2D eigenvalue weighted by molar-refractivity contribution is 0.0332. The molecule has 1 aliphatic heterocycles. The quantitative estimate of drug-likeness (QED) is 0.687. The van der Waals surface area contributed by atoms with Crippen LogP contribution < -0.4 is 5.32 Å². The van der Waals surface area contributed by atoms with Crippen LogP contribution in [0.2, 0.25) is 0 Å². The van der Waals surface area contributed by atoms with Crippen molar-refractivity contribution in [1.29, 1.82) is 0 Å². The third-order valence-electron chi connectivity index (χ3n) is 4.52. The van der Waals surface area contributed by atoms with Gasteiger partial charge in [0.05, 0.1) is 24.1 Å². The third-order valence-corrected chi connectivity index (χ3v) is 6.40. The van der Waals surface area contributed by atoms with Gasteiger partial charge in [-0.15, -0.1) is 22.7 Å². The summed E-state index contributed by atoms with van der Waals surface area (Å²) in [7, 11) is 0. The van der Waals surface area contributed by atoms with Gasteiger partial charge in [-0.2, -0.15) is 0 Å². The predicted molar refractivity (Wildman–Crippen MR) is 109 cm³/mol. The van der Waals surface area contributed by atoms with E-state index in [-0.39, 0.29) is 11.9 Å². The Kier molecular flexibility index (Phi) is 5.94. The van der Waals surface area contributed by atoms with Crippen molar-refractivity contribution in [3.63, 3.8) is 0 Å². The van der Waals surface area contributed by atoms with Crippen LogP contribution in [0, 0.1) is 0 Å². The molecule has 0 saturated carbocycles. The SMILES string of the molecule is O=C(N[C@@H](CN1CCOCC1)c1ccccc1)c1csc(-c2cccs2)n1. The Labute approximate surface area is 166 Å². The van der Waals surface area contributed by atoms with Crippen molar-refractivity contribution in [1.82, 2.24) is 15.2 Å². The van der Waals surface area contributed by atoms with E-state index in [1.807, 2.05) is 41.1 Å². The van der Waals surface area contributed by atoms with Gasteiger partial charge in [0.25, 0.3) is 5.91 Å². The van der Waals surface area contributed by atoms with E-state index in [9.17, 15) is 4.79 Å². The minimum atomic E-state index is -0.129. The van der Waals surface area contributed by atoms with E-state index in [4.69, 9.17) is 4.74 Å². The molecule has 1 amide bonds. The highest BCUT2D eigenvalue weighted by Gasteiger charge is 2.22. The molecule has 1 atom stereocenters. The summed E-state index contributed by atoms with van der Waals surface area (Å²) in [5, 5.41) is 7.92. The minimum Gasteiger partial charge on any atom is -0.379 e. The zero-order valence-electron chi connectivity index (χ0n) is 14.8. The fraction of sp³-hybridized carbons (Fsp3) is 0.300. The molecule has 3 aromatic rings. The molecule has 1 fully saturated rings. The van der Waals surface area contributed by atoms with Crippen molar-refractivity contribution in [3.05, 3.63) is 64.5 Å². The first kappa shape index (κ1) is 18.3. The first-order valence-corrected chi connectivity index (χ1v) is 10.7. The van der Waals surface area contributed by atoms with Crippen LogP contribution in [0.25, 0.3) is 9.88 Å². The number of rotatable bonds is 6. The number of aromatic nitrogens is 1. The van der Waals surface area contributed by atoms with E-state index in [1.54, 1.807) is 11.3 Å². The highest BCUT2D eigenvalue weighted by atomic mass is 32.1. The van der Waals surface area contributed by atoms with Gasteiger partial charge >= 0.3 is 0 Å². The number of nitrogens with one attached hydrogen (secondary N) is 1. The second-order valence-corrected chi connectivity index (χ2v) is 8.17. The summed E-state index contributed by atoms with van der Waals surface area (Å²) in [5.74, 6) is -0.129. The van der Waals surface area contributed by atoms with Crippen LogP contribution in [0.4, 0.5) is 0 Å². The smallest absolute Gasteiger partial charge is 0.271 e. The van der Waals surface area contributed by atoms with Crippen LogP contribution in [0.3, 0.4) is 0 Å². The lowest BCUT2D eigenvalue weighted by Gasteiger charge is -2.31. The highest BCUT2D eigenvalue weighted by Crippen LogP contribution is 2.28. The Hall–Kier alpha value is -2.06. The number of amides is 1. The van der Waals surface area contributed by atoms with Crippen molar-refractivity contribution in [3.8, 4) is 9.88 Å². The molecular formula is C20H21N3O2S2. The molecule has 0 aliphatic carbocycles. The summed E-state index contributed by atoms with van der Waals surface area (Å²) in [4.78, 5) is 20.8. The van der Waals surface area contributed by atoms with Crippen molar-refractivity contribution < 1.29 is 9.53 Å². The molecule has 0 spiro atoms. The number of hydrogen-bond acceptors (Lipinski definition) is 6. The molecule has 5 nitrogen and oxygen atoms in total. The zero-order valence-corrected chi connectivity index (χ0v) is 16.5. The minimum absolute atomic E-state index is 0.0799. The third kappa shape index (κ3) is 4.62. The van der Waals surface area contributed by atoms with E-state index >= 15 is 0 Å². The van der Waals surface area contributed by atoms with Crippen molar-refractivity contribution in [2.75, 3.05) is 32.8 Å². The number of hydrogen-bond donors (Lipinski definition) is 1. The molecule has 1 saturated heterocycles. The standard InChI is InChI=1S/C20H21N3O2S2/c24-19(17-14-27-20(22-17)18-7-4-12-26-18)21-16(15-5-2-1-3-6-15)13-23-8-10-25-11-9-23/h1-7,12,14,16H,8-11,13H2,(H,21,24)/t16-/m0/s1. The van der Waals surface area contributed by atoms with Crippen LogP contribution in [0.15, 0.2) is 53.2 Å². The largest absolute Gasteiger partial charge is 0.379 e. The molecule has 2 aromatic heterocycles. The number of carbonyl (C=O) groups excluding carboxylic acids is 1. The van der Waals surface area contributed by atoms with Crippen LogP contribution in [-0.2, 0) is 4.74 Å². The molecule has 1 aromatic carbocycles. The van der Waals surface area contributed by atoms with Gasteiger partial charge in [-0.1, -0.05) is 36.4 Å². The van der Waals surface area contributed by atoms with Gasteiger partial charge in [-0.05, 0) is 17.0 Å². The van der Waals surface area contributed by atoms with E-state index in [0.717, 1.165) is 48.3 Å². The summed E-state index contributed by atoms with van der Waals surface area (Å²) >= 11 is 3.14. The van der Waals surface area contributed by atoms with Gasteiger partial charge < -0.3 is 10.1 Å². The maximum absolute atomic E-state index is 12.8.